The number of hydrogen-bond acceptors (Lipinski definition) is 8. The number of hydrogen-bond donors (Lipinski definition) is 0. The summed E-state index contributed by atoms with van der Waals surface area (Å²) in [5, 5.41) is -0.341. The van der Waals surface area contributed by atoms with E-state index >= 15 is 0 Å². The third-order valence-electron chi connectivity index (χ3n) is 6.54. The Hall–Kier alpha value is -1.65. The monoisotopic (exact) mass is 500 g/mol. The van der Waals surface area contributed by atoms with E-state index in [1.807, 2.05) is 27.7 Å². The summed E-state index contributed by atoms with van der Waals surface area (Å²) in [4.78, 5) is 25.1. The number of ether oxygens (including phenoxy) is 2. The van der Waals surface area contributed by atoms with Crippen LogP contribution in [0.25, 0.3) is 0 Å². The maximum atomic E-state index is 13.8. The quantitative estimate of drug-likeness (QED) is 0.581. The third kappa shape index (κ3) is 4.93. The van der Waals surface area contributed by atoms with Crippen LogP contribution in [0.3, 0.4) is 0 Å². The molecule has 2 aliphatic heterocycles. The predicted molar refractivity (Wildman–Crippen MR) is 125 cm³/mol. The molecule has 1 unspecified atom stereocenters. The summed E-state index contributed by atoms with van der Waals surface area (Å²) in [5.74, 6) is 0.612. The van der Waals surface area contributed by atoms with Gasteiger partial charge in [0.2, 0.25) is 5.28 Å². The van der Waals surface area contributed by atoms with Gasteiger partial charge in [-0.3, -0.25) is 0 Å². The average molecular weight is 501 g/mol. The molecule has 1 amide bonds. The zero-order valence-electron chi connectivity index (χ0n) is 19.7. The smallest absolute Gasteiger partial charge is 0.410 e. The van der Waals surface area contributed by atoms with E-state index in [1.165, 1.54) is 0 Å². The number of morpholine rings is 1. The van der Waals surface area contributed by atoms with E-state index in [1.54, 1.807) is 11.0 Å². The van der Waals surface area contributed by atoms with Crippen LogP contribution < -0.4 is 4.90 Å². The molecule has 0 N–H and O–H groups in total. The third-order valence-corrected chi connectivity index (χ3v) is 9.77. The molecule has 11 heteroatoms. The number of piperidine rings is 1. The zero-order valence-corrected chi connectivity index (χ0v) is 21.3. The topological polar surface area (TPSA) is 102 Å². The summed E-state index contributed by atoms with van der Waals surface area (Å²) in [5.41, 5.74) is -0.192. The molecule has 33 heavy (non-hydrogen) atoms. The van der Waals surface area contributed by atoms with Crippen LogP contribution in [0.1, 0.15) is 59.1 Å². The van der Waals surface area contributed by atoms with E-state index in [0.717, 1.165) is 0 Å². The van der Waals surface area contributed by atoms with Crippen LogP contribution in [-0.2, 0) is 24.1 Å². The number of nitrogens with zero attached hydrogens (tertiary/aromatic N) is 4. The lowest BCUT2D eigenvalue weighted by Crippen LogP contribution is -2.51. The van der Waals surface area contributed by atoms with Crippen molar-refractivity contribution in [1.82, 2.24) is 14.9 Å². The molecule has 1 aromatic rings. The second kappa shape index (κ2) is 8.85. The van der Waals surface area contributed by atoms with Crippen LogP contribution in [0.5, 0.6) is 0 Å². The number of sulfone groups is 1. The van der Waals surface area contributed by atoms with Crippen LogP contribution in [0.4, 0.5) is 10.6 Å². The standard InChI is InChI=1S/C22H33ClN4O5S/c1-15-14-31-12-11-27(15)18-13-17(24-19(23)25-18)22(33(29,30)16-5-6-16)7-9-26(10-8-22)20(28)32-21(2,3)4/h13,15-16H,5-12,14H2,1-4H3. The molecule has 3 fully saturated rings. The molecular formula is C22H33ClN4O5S. The summed E-state index contributed by atoms with van der Waals surface area (Å²) in [6.07, 6.45) is 1.38. The van der Waals surface area contributed by atoms with Crippen molar-refractivity contribution in [2.24, 2.45) is 0 Å². The lowest BCUT2D eigenvalue weighted by molar-refractivity contribution is 0.0191. The number of anilines is 1. The Bertz CT molecular complexity index is 1000. The number of rotatable bonds is 4. The number of carbonyl (C=O) groups is 1. The van der Waals surface area contributed by atoms with Crippen molar-refractivity contribution < 1.29 is 22.7 Å². The fourth-order valence-corrected chi connectivity index (χ4v) is 7.33. The Morgan fingerprint density at radius 3 is 2.45 bits per heavy atom. The van der Waals surface area contributed by atoms with Gasteiger partial charge in [0.1, 0.15) is 16.2 Å². The second-order valence-electron chi connectivity index (χ2n) is 10.2. The summed E-state index contributed by atoms with van der Waals surface area (Å²) in [6.45, 7) is 9.78. The normalized spacial score (nSPS) is 24.0. The van der Waals surface area contributed by atoms with E-state index in [2.05, 4.69) is 14.9 Å². The molecule has 3 heterocycles. The van der Waals surface area contributed by atoms with Gasteiger partial charge in [-0.2, -0.15) is 0 Å². The number of halogens is 1. The Balaban J connectivity index is 1.68. The van der Waals surface area contributed by atoms with E-state index in [0.29, 0.717) is 44.1 Å². The molecule has 4 rings (SSSR count). The van der Waals surface area contributed by atoms with Gasteiger partial charge >= 0.3 is 6.09 Å². The van der Waals surface area contributed by atoms with Crippen molar-refractivity contribution in [3.05, 3.63) is 17.0 Å². The first-order valence-electron chi connectivity index (χ1n) is 11.5. The Kier molecular flexibility index (Phi) is 6.56. The van der Waals surface area contributed by atoms with Gasteiger partial charge in [0.05, 0.1) is 30.2 Å². The molecule has 1 aromatic heterocycles. The van der Waals surface area contributed by atoms with Gasteiger partial charge in [0.25, 0.3) is 0 Å². The molecule has 2 saturated heterocycles. The van der Waals surface area contributed by atoms with Gasteiger partial charge in [0, 0.05) is 25.7 Å². The highest BCUT2D eigenvalue weighted by molar-refractivity contribution is 7.93. The van der Waals surface area contributed by atoms with Gasteiger partial charge < -0.3 is 19.3 Å². The molecule has 184 valence electrons. The van der Waals surface area contributed by atoms with Crippen LogP contribution >= 0.6 is 11.6 Å². The molecule has 1 saturated carbocycles. The average Bonchev–Trinajstić information content (AvgIpc) is 3.58. The minimum atomic E-state index is -3.54. The van der Waals surface area contributed by atoms with Gasteiger partial charge in [-0.15, -0.1) is 0 Å². The highest BCUT2D eigenvalue weighted by Gasteiger charge is 2.55. The van der Waals surface area contributed by atoms with Crippen molar-refractivity contribution in [1.29, 1.82) is 0 Å². The molecule has 0 spiro atoms. The Labute approximate surface area is 200 Å². The highest BCUT2D eigenvalue weighted by atomic mass is 35.5. The minimum absolute atomic E-state index is 0.0288. The molecule has 1 aliphatic carbocycles. The maximum Gasteiger partial charge on any atom is 0.410 e. The van der Waals surface area contributed by atoms with Gasteiger partial charge in [-0.25, -0.2) is 23.2 Å². The Morgan fingerprint density at radius 2 is 1.88 bits per heavy atom. The first kappa shape index (κ1) is 24.5. The minimum Gasteiger partial charge on any atom is -0.444 e. The van der Waals surface area contributed by atoms with E-state index in [4.69, 9.17) is 21.1 Å². The lowest BCUT2D eigenvalue weighted by Gasteiger charge is -2.41. The fraction of sp³-hybridized carbons (Fsp3) is 0.773. The molecule has 3 aliphatic rings. The molecule has 0 aromatic carbocycles. The largest absolute Gasteiger partial charge is 0.444 e. The van der Waals surface area contributed by atoms with Crippen LogP contribution in [0.15, 0.2) is 6.07 Å². The van der Waals surface area contributed by atoms with Crippen molar-refractivity contribution in [3.63, 3.8) is 0 Å². The maximum absolute atomic E-state index is 13.8. The molecule has 0 bridgehead atoms. The van der Waals surface area contributed by atoms with Crippen LogP contribution in [0.2, 0.25) is 5.28 Å². The zero-order chi connectivity index (χ0) is 24.0. The summed E-state index contributed by atoms with van der Waals surface area (Å²) in [6, 6.07) is 1.86. The van der Waals surface area contributed by atoms with E-state index in [-0.39, 0.29) is 42.5 Å². The predicted octanol–water partition coefficient (Wildman–Crippen LogP) is 3.16. The van der Waals surface area contributed by atoms with Crippen LogP contribution in [0, 0.1) is 0 Å². The molecule has 9 nitrogen and oxygen atoms in total. The molecular weight excluding hydrogens is 468 g/mol. The SMILES string of the molecule is CC1COCCN1c1cc(C2(S(=O)(=O)C3CC3)CCN(C(=O)OC(C)(C)C)CC2)nc(Cl)n1. The molecule has 0 radical (unpaired) electrons. The summed E-state index contributed by atoms with van der Waals surface area (Å²) < 4.78 is 37.4. The molecule has 1 atom stereocenters. The number of aromatic nitrogens is 2. The number of likely N-dealkylation sites (tertiary alicyclic amines) is 1. The van der Waals surface area contributed by atoms with E-state index < -0.39 is 26.3 Å². The first-order chi connectivity index (χ1) is 15.4. The summed E-state index contributed by atoms with van der Waals surface area (Å²) in [7, 11) is -3.54. The van der Waals surface area contributed by atoms with Gasteiger partial charge in [-0.05, 0) is 65.0 Å². The first-order valence-corrected chi connectivity index (χ1v) is 13.5. The highest BCUT2D eigenvalue weighted by Crippen LogP contribution is 2.48. The fourth-order valence-electron chi connectivity index (χ4n) is 4.61. The summed E-state index contributed by atoms with van der Waals surface area (Å²) >= 11 is 6.34. The van der Waals surface area contributed by atoms with Gasteiger partial charge in [0.15, 0.2) is 9.84 Å². The Morgan fingerprint density at radius 1 is 1.21 bits per heavy atom. The van der Waals surface area contributed by atoms with Crippen LogP contribution in [-0.4, -0.2) is 79.1 Å². The number of amides is 1. The lowest BCUT2D eigenvalue weighted by atomic mass is 9.92. The van der Waals surface area contributed by atoms with E-state index in [9.17, 15) is 13.2 Å². The second-order valence-corrected chi connectivity index (χ2v) is 13.1. The van der Waals surface area contributed by atoms with Crippen molar-refractivity contribution in [2.75, 3.05) is 37.7 Å². The van der Waals surface area contributed by atoms with Crippen molar-refractivity contribution >= 4 is 33.3 Å². The van der Waals surface area contributed by atoms with Crippen molar-refractivity contribution in [3.8, 4) is 0 Å². The van der Waals surface area contributed by atoms with Gasteiger partial charge in [-0.1, -0.05) is 0 Å². The number of carbonyl (C=O) groups excluding carboxylic acids is 1. The van der Waals surface area contributed by atoms with Crippen molar-refractivity contribution in [2.45, 2.75) is 75.0 Å².